The monoisotopic (exact) mass is 390 g/mol. The number of halogens is 3. The molecule has 2 N–H and O–H groups in total. The number of aromatic amines is 1. The van der Waals surface area contributed by atoms with E-state index in [1.807, 2.05) is 5.10 Å². The highest BCUT2D eigenvalue weighted by atomic mass is 19.4. The van der Waals surface area contributed by atoms with Gasteiger partial charge in [0.25, 0.3) is 5.69 Å². The van der Waals surface area contributed by atoms with E-state index in [-0.39, 0.29) is 34.6 Å². The van der Waals surface area contributed by atoms with E-state index in [4.69, 9.17) is 0 Å². The molecule has 1 aromatic heterocycles. The summed E-state index contributed by atoms with van der Waals surface area (Å²) < 4.78 is 39.9. The highest BCUT2D eigenvalue weighted by molar-refractivity contribution is 5.96. The molecule has 0 spiro atoms. The van der Waals surface area contributed by atoms with Crippen molar-refractivity contribution in [1.29, 1.82) is 0 Å². The Labute approximate surface area is 156 Å². The molecule has 1 amide bonds. The van der Waals surface area contributed by atoms with Crippen molar-refractivity contribution in [2.75, 3.05) is 5.32 Å². The van der Waals surface area contributed by atoms with Gasteiger partial charge in [-0.3, -0.25) is 20.0 Å². The maximum Gasteiger partial charge on any atom is 0.433 e. The molecule has 0 saturated carbocycles. The van der Waals surface area contributed by atoms with Crippen LogP contribution in [-0.2, 0) is 17.4 Å². The number of nitrogens with one attached hydrogen (secondary N) is 2. The number of nitro benzene ring substituents is 1. The van der Waals surface area contributed by atoms with E-state index in [0.717, 1.165) is 0 Å². The second-order valence-corrected chi connectivity index (χ2v) is 5.80. The minimum atomic E-state index is -4.71. The average molecular weight is 390 g/mol. The van der Waals surface area contributed by atoms with Crippen molar-refractivity contribution in [2.45, 2.75) is 12.6 Å². The van der Waals surface area contributed by atoms with E-state index in [0.29, 0.717) is 0 Å². The van der Waals surface area contributed by atoms with Crippen LogP contribution in [-0.4, -0.2) is 21.0 Å². The smallest absolute Gasteiger partial charge is 0.308 e. The molecule has 28 heavy (non-hydrogen) atoms. The van der Waals surface area contributed by atoms with Crippen molar-refractivity contribution < 1.29 is 22.9 Å². The summed E-state index contributed by atoms with van der Waals surface area (Å²) in [7, 11) is 0. The lowest BCUT2D eigenvalue weighted by atomic mass is 10.0. The predicted octanol–water partition coefficient (Wildman–Crippen LogP) is 4.18. The Bertz CT molecular complexity index is 1020. The standard InChI is InChI=1S/C18H13F3N4O3/c19-18(20,21)16-15(11-6-2-1-3-7-11)17(24-23-16)22-14(26)10-12-8-4-5-9-13(12)25(27)28/h1-9H,10H2,(H2,22,23,24,26). The number of aromatic nitrogens is 2. The first-order valence-corrected chi connectivity index (χ1v) is 8.00. The van der Waals surface area contributed by atoms with Crippen molar-refractivity contribution in [3.8, 4) is 11.1 Å². The maximum absolute atomic E-state index is 13.3. The number of anilines is 1. The molecule has 0 fully saturated rings. The summed E-state index contributed by atoms with van der Waals surface area (Å²) >= 11 is 0. The second kappa shape index (κ2) is 7.51. The first kappa shape index (κ1) is 19.1. The Balaban J connectivity index is 1.92. The molecular formula is C18H13F3N4O3. The van der Waals surface area contributed by atoms with Gasteiger partial charge in [0.2, 0.25) is 5.91 Å². The van der Waals surface area contributed by atoms with Crippen LogP contribution in [0.3, 0.4) is 0 Å². The van der Waals surface area contributed by atoms with Crippen LogP contribution in [0.4, 0.5) is 24.7 Å². The molecule has 0 aliphatic heterocycles. The highest BCUT2D eigenvalue weighted by Gasteiger charge is 2.38. The number of carbonyl (C=O) groups is 1. The highest BCUT2D eigenvalue weighted by Crippen LogP contribution is 2.39. The summed E-state index contributed by atoms with van der Waals surface area (Å²) in [5.74, 6) is -1.03. The van der Waals surface area contributed by atoms with Crippen LogP contribution in [0.5, 0.6) is 0 Å². The molecule has 0 bridgehead atoms. The molecule has 3 rings (SSSR count). The van der Waals surface area contributed by atoms with Gasteiger partial charge in [-0.05, 0) is 5.56 Å². The van der Waals surface area contributed by atoms with Gasteiger partial charge in [0.15, 0.2) is 5.82 Å². The minimum absolute atomic E-state index is 0.137. The first-order valence-electron chi connectivity index (χ1n) is 8.00. The van der Waals surface area contributed by atoms with Gasteiger partial charge in [-0.1, -0.05) is 48.5 Å². The number of amides is 1. The van der Waals surface area contributed by atoms with Gasteiger partial charge < -0.3 is 5.32 Å². The molecule has 0 aliphatic rings. The van der Waals surface area contributed by atoms with E-state index in [1.165, 1.54) is 36.4 Å². The fraction of sp³-hybridized carbons (Fsp3) is 0.111. The predicted molar refractivity (Wildman–Crippen MR) is 94.5 cm³/mol. The Morgan fingerprint density at radius 2 is 1.75 bits per heavy atom. The summed E-state index contributed by atoms with van der Waals surface area (Å²) in [5, 5.41) is 18.9. The van der Waals surface area contributed by atoms with Gasteiger partial charge in [0.05, 0.1) is 16.9 Å². The third kappa shape index (κ3) is 4.00. The summed E-state index contributed by atoms with van der Waals surface area (Å²) in [6, 6.07) is 13.3. The van der Waals surface area contributed by atoms with Crippen molar-refractivity contribution in [2.24, 2.45) is 0 Å². The van der Waals surface area contributed by atoms with Crippen LogP contribution < -0.4 is 5.32 Å². The molecule has 0 saturated heterocycles. The Morgan fingerprint density at radius 3 is 2.39 bits per heavy atom. The molecule has 0 unspecified atom stereocenters. The van der Waals surface area contributed by atoms with Crippen LogP contribution in [0.25, 0.3) is 11.1 Å². The maximum atomic E-state index is 13.3. The molecule has 10 heteroatoms. The van der Waals surface area contributed by atoms with E-state index in [1.54, 1.807) is 18.2 Å². The normalized spacial score (nSPS) is 11.2. The van der Waals surface area contributed by atoms with Crippen molar-refractivity contribution >= 4 is 17.4 Å². The Morgan fingerprint density at radius 1 is 1.11 bits per heavy atom. The van der Waals surface area contributed by atoms with Gasteiger partial charge in [-0.15, -0.1) is 0 Å². The third-order valence-corrected chi connectivity index (χ3v) is 3.91. The molecular weight excluding hydrogens is 377 g/mol. The molecule has 2 aromatic carbocycles. The average Bonchev–Trinajstić information content (AvgIpc) is 3.06. The molecule has 0 radical (unpaired) electrons. The zero-order valence-corrected chi connectivity index (χ0v) is 14.2. The van der Waals surface area contributed by atoms with Gasteiger partial charge in [-0.25, -0.2) is 0 Å². The number of benzene rings is 2. The van der Waals surface area contributed by atoms with Crippen molar-refractivity contribution in [3.05, 3.63) is 76.0 Å². The number of nitrogens with zero attached hydrogens (tertiary/aromatic N) is 2. The van der Waals surface area contributed by atoms with E-state index in [2.05, 4.69) is 10.4 Å². The van der Waals surface area contributed by atoms with Crippen LogP contribution >= 0.6 is 0 Å². The van der Waals surface area contributed by atoms with E-state index < -0.39 is 22.7 Å². The lowest BCUT2D eigenvalue weighted by Gasteiger charge is -2.10. The summed E-state index contributed by atoms with van der Waals surface area (Å²) in [6.07, 6.45) is -5.10. The van der Waals surface area contributed by atoms with Crippen LogP contribution in [0.15, 0.2) is 54.6 Å². The van der Waals surface area contributed by atoms with E-state index >= 15 is 0 Å². The SMILES string of the molecule is O=C(Cc1ccccc1[N+](=O)[O-])Nc1n[nH]c(C(F)(F)F)c1-c1ccccc1. The third-order valence-electron chi connectivity index (χ3n) is 3.91. The van der Waals surface area contributed by atoms with Crippen LogP contribution in [0, 0.1) is 10.1 Å². The molecule has 0 atom stereocenters. The Kier molecular flexibility index (Phi) is 5.12. The fourth-order valence-electron chi connectivity index (χ4n) is 2.71. The topological polar surface area (TPSA) is 101 Å². The summed E-state index contributed by atoms with van der Waals surface area (Å²) in [5.41, 5.74) is -1.30. The molecule has 3 aromatic rings. The van der Waals surface area contributed by atoms with Crippen LogP contribution in [0.1, 0.15) is 11.3 Å². The number of rotatable bonds is 5. The lowest BCUT2D eigenvalue weighted by Crippen LogP contribution is -2.16. The van der Waals surface area contributed by atoms with Gasteiger partial charge >= 0.3 is 6.18 Å². The Hall–Kier alpha value is -3.69. The lowest BCUT2D eigenvalue weighted by molar-refractivity contribution is -0.385. The number of alkyl halides is 3. The number of para-hydroxylation sites is 1. The summed E-state index contributed by atoms with van der Waals surface area (Å²) in [6.45, 7) is 0. The largest absolute Gasteiger partial charge is 0.433 e. The van der Waals surface area contributed by atoms with Crippen molar-refractivity contribution in [1.82, 2.24) is 10.2 Å². The van der Waals surface area contributed by atoms with Gasteiger partial charge in [0.1, 0.15) is 5.69 Å². The zero-order chi connectivity index (χ0) is 20.3. The molecule has 1 heterocycles. The minimum Gasteiger partial charge on any atom is -0.308 e. The van der Waals surface area contributed by atoms with E-state index in [9.17, 15) is 28.1 Å². The van der Waals surface area contributed by atoms with Crippen LogP contribution in [0.2, 0.25) is 0 Å². The molecule has 0 aliphatic carbocycles. The number of hydrogen-bond donors (Lipinski definition) is 2. The fourth-order valence-corrected chi connectivity index (χ4v) is 2.71. The number of H-pyrrole nitrogens is 1. The van der Waals surface area contributed by atoms with Crippen molar-refractivity contribution in [3.63, 3.8) is 0 Å². The second-order valence-electron chi connectivity index (χ2n) is 5.80. The van der Waals surface area contributed by atoms with Gasteiger partial charge in [0, 0.05) is 11.6 Å². The first-order chi connectivity index (χ1) is 13.3. The van der Waals surface area contributed by atoms with Gasteiger partial charge in [-0.2, -0.15) is 18.3 Å². The number of hydrogen-bond acceptors (Lipinski definition) is 4. The quantitative estimate of drug-likeness (QED) is 0.504. The molecule has 7 nitrogen and oxygen atoms in total. The zero-order valence-electron chi connectivity index (χ0n) is 14.2. The number of carbonyl (C=O) groups excluding carboxylic acids is 1. The number of nitro groups is 1. The summed E-state index contributed by atoms with van der Waals surface area (Å²) in [4.78, 5) is 22.7. The molecule has 144 valence electrons.